The summed E-state index contributed by atoms with van der Waals surface area (Å²) in [6, 6.07) is 10.8. The highest BCUT2D eigenvalue weighted by Gasteiger charge is 2.18. The first-order valence-corrected chi connectivity index (χ1v) is 6.20. The molecule has 0 saturated heterocycles. The number of aromatic nitrogens is 1. The Kier molecular flexibility index (Phi) is 3.16. The van der Waals surface area contributed by atoms with Gasteiger partial charge in [0.25, 0.3) is 0 Å². The van der Waals surface area contributed by atoms with Gasteiger partial charge in [-0.05, 0) is 17.0 Å². The van der Waals surface area contributed by atoms with E-state index in [0.717, 1.165) is 16.8 Å². The Morgan fingerprint density at radius 2 is 1.70 bits per heavy atom. The molecule has 3 rings (SSSR count). The van der Waals surface area contributed by atoms with Gasteiger partial charge in [0, 0.05) is 23.3 Å². The average molecular weight is 270 g/mol. The number of nitrogens with zero attached hydrogens (tertiary/aromatic N) is 1. The van der Waals surface area contributed by atoms with Crippen LogP contribution in [0.3, 0.4) is 0 Å². The van der Waals surface area contributed by atoms with Crippen molar-refractivity contribution < 1.29 is 8.78 Å². The summed E-state index contributed by atoms with van der Waals surface area (Å²) in [7, 11) is 0. The Balaban J connectivity index is 2.18. The Labute approximate surface area is 114 Å². The van der Waals surface area contributed by atoms with Crippen molar-refractivity contribution >= 4 is 10.8 Å². The predicted octanol–water partition coefficient (Wildman–Crippen LogP) is 3.56. The van der Waals surface area contributed by atoms with Gasteiger partial charge in [-0.25, -0.2) is 8.78 Å². The molecule has 0 radical (unpaired) electrons. The standard InChI is InChI=1S/C16H12F2N2/c17-14-7-3-6-12(15(14)18)16(19)13-9-20-8-10-4-1-2-5-11(10)13/h1-9,16H,19H2. The molecule has 0 amide bonds. The van der Waals surface area contributed by atoms with Gasteiger partial charge in [0.05, 0.1) is 6.04 Å². The molecule has 1 atom stereocenters. The molecule has 0 fully saturated rings. The monoisotopic (exact) mass is 270 g/mol. The molecule has 1 unspecified atom stereocenters. The molecule has 2 aromatic carbocycles. The van der Waals surface area contributed by atoms with Crippen molar-refractivity contribution in [3.63, 3.8) is 0 Å². The Bertz CT molecular complexity index is 766. The molecule has 0 spiro atoms. The molecule has 0 aliphatic rings. The second kappa shape index (κ2) is 4.98. The third-order valence-corrected chi connectivity index (χ3v) is 3.35. The fourth-order valence-corrected chi connectivity index (χ4v) is 2.32. The van der Waals surface area contributed by atoms with E-state index in [1.165, 1.54) is 12.1 Å². The van der Waals surface area contributed by atoms with Crippen LogP contribution in [0.5, 0.6) is 0 Å². The number of hydrogen-bond donors (Lipinski definition) is 1. The van der Waals surface area contributed by atoms with E-state index < -0.39 is 17.7 Å². The van der Waals surface area contributed by atoms with Crippen molar-refractivity contribution in [2.75, 3.05) is 0 Å². The first kappa shape index (κ1) is 12.7. The maximum absolute atomic E-state index is 13.9. The van der Waals surface area contributed by atoms with Crippen LogP contribution in [-0.4, -0.2) is 4.98 Å². The maximum atomic E-state index is 13.9. The van der Waals surface area contributed by atoms with Crippen LogP contribution in [0.4, 0.5) is 8.78 Å². The minimum Gasteiger partial charge on any atom is -0.320 e. The molecular formula is C16H12F2N2. The number of hydrogen-bond acceptors (Lipinski definition) is 2. The van der Waals surface area contributed by atoms with Gasteiger partial charge in [-0.1, -0.05) is 36.4 Å². The summed E-state index contributed by atoms with van der Waals surface area (Å²) in [4.78, 5) is 4.12. The van der Waals surface area contributed by atoms with Gasteiger partial charge in [0.2, 0.25) is 0 Å². The van der Waals surface area contributed by atoms with Crippen molar-refractivity contribution in [2.24, 2.45) is 5.73 Å². The topological polar surface area (TPSA) is 38.9 Å². The van der Waals surface area contributed by atoms with Crippen LogP contribution in [-0.2, 0) is 0 Å². The van der Waals surface area contributed by atoms with Gasteiger partial charge in [-0.3, -0.25) is 4.98 Å². The van der Waals surface area contributed by atoms with Crippen LogP contribution in [0, 0.1) is 11.6 Å². The first-order valence-electron chi connectivity index (χ1n) is 6.20. The molecule has 1 aromatic heterocycles. The molecule has 0 bridgehead atoms. The van der Waals surface area contributed by atoms with Crippen molar-refractivity contribution in [1.82, 2.24) is 4.98 Å². The molecule has 1 heterocycles. The molecule has 0 saturated carbocycles. The lowest BCUT2D eigenvalue weighted by Crippen LogP contribution is -2.15. The first-order chi connectivity index (χ1) is 9.68. The van der Waals surface area contributed by atoms with Crippen molar-refractivity contribution in [3.8, 4) is 0 Å². The SMILES string of the molecule is NC(c1cccc(F)c1F)c1cncc2ccccc12. The fourth-order valence-electron chi connectivity index (χ4n) is 2.32. The Morgan fingerprint density at radius 3 is 2.55 bits per heavy atom. The Morgan fingerprint density at radius 1 is 0.900 bits per heavy atom. The largest absolute Gasteiger partial charge is 0.320 e. The number of fused-ring (bicyclic) bond motifs is 1. The van der Waals surface area contributed by atoms with E-state index in [4.69, 9.17) is 5.73 Å². The molecular weight excluding hydrogens is 258 g/mol. The van der Waals surface area contributed by atoms with E-state index in [1.807, 2.05) is 24.3 Å². The van der Waals surface area contributed by atoms with Gasteiger partial charge in [0.1, 0.15) is 0 Å². The summed E-state index contributed by atoms with van der Waals surface area (Å²) < 4.78 is 27.2. The lowest BCUT2D eigenvalue weighted by Gasteiger charge is -2.15. The summed E-state index contributed by atoms with van der Waals surface area (Å²) in [6.45, 7) is 0. The molecule has 100 valence electrons. The third kappa shape index (κ3) is 2.04. The van der Waals surface area contributed by atoms with E-state index in [-0.39, 0.29) is 5.56 Å². The van der Waals surface area contributed by atoms with Crippen LogP contribution < -0.4 is 5.73 Å². The molecule has 2 N–H and O–H groups in total. The lowest BCUT2D eigenvalue weighted by molar-refractivity contribution is 0.494. The minimum absolute atomic E-state index is 0.128. The average Bonchev–Trinajstić information content (AvgIpc) is 2.49. The smallest absolute Gasteiger partial charge is 0.163 e. The van der Waals surface area contributed by atoms with E-state index in [9.17, 15) is 8.78 Å². The highest BCUT2D eigenvalue weighted by molar-refractivity contribution is 5.85. The van der Waals surface area contributed by atoms with Gasteiger partial charge < -0.3 is 5.73 Å². The van der Waals surface area contributed by atoms with Crippen LogP contribution in [0.1, 0.15) is 17.2 Å². The van der Waals surface area contributed by atoms with Gasteiger partial charge >= 0.3 is 0 Å². The van der Waals surface area contributed by atoms with Crippen LogP contribution in [0.15, 0.2) is 54.9 Å². The minimum atomic E-state index is -0.909. The summed E-state index contributed by atoms with van der Waals surface area (Å²) in [5, 5.41) is 1.80. The zero-order valence-corrected chi connectivity index (χ0v) is 10.6. The van der Waals surface area contributed by atoms with E-state index in [2.05, 4.69) is 4.98 Å². The fraction of sp³-hybridized carbons (Fsp3) is 0.0625. The summed E-state index contributed by atoms with van der Waals surface area (Å²) in [5.41, 5.74) is 6.91. The molecule has 4 heteroatoms. The molecule has 3 aromatic rings. The van der Waals surface area contributed by atoms with Gasteiger partial charge in [-0.2, -0.15) is 0 Å². The number of pyridine rings is 1. The third-order valence-electron chi connectivity index (χ3n) is 3.35. The molecule has 0 aliphatic heterocycles. The van der Waals surface area contributed by atoms with Gasteiger partial charge in [0.15, 0.2) is 11.6 Å². The van der Waals surface area contributed by atoms with Crippen molar-refractivity contribution in [2.45, 2.75) is 6.04 Å². The number of nitrogens with two attached hydrogens (primary N) is 1. The number of halogens is 2. The second-order valence-electron chi connectivity index (χ2n) is 4.57. The quantitative estimate of drug-likeness (QED) is 0.773. The van der Waals surface area contributed by atoms with Gasteiger partial charge in [-0.15, -0.1) is 0 Å². The highest BCUT2D eigenvalue weighted by atomic mass is 19.2. The molecule has 20 heavy (non-hydrogen) atoms. The normalized spacial score (nSPS) is 12.6. The summed E-state index contributed by atoms with van der Waals surface area (Å²) in [5.74, 6) is -1.81. The second-order valence-corrected chi connectivity index (χ2v) is 4.57. The van der Waals surface area contributed by atoms with E-state index in [0.29, 0.717) is 5.56 Å². The van der Waals surface area contributed by atoms with E-state index >= 15 is 0 Å². The molecule has 2 nitrogen and oxygen atoms in total. The lowest BCUT2D eigenvalue weighted by atomic mass is 9.96. The number of rotatable bonds is 2. The highest BCUT2D eigenvalue weighted by Crippen LogP contribution is 2.28. The molecule has 0 aliphatic carbocycles. The maximum Gasteiger partial charge on any atom is 0.163 e. The zero-order valence-electron chi connectivity index (χ0n) is 10.6. The predicted molar refractivity (Wildman–Crippen MR) is 74.1 cm³/mol. The van der Waals surface area contributed by atoms with Crippen LogP contribution >= 0.6 is 0 Å². The summed E-state index contributed by atoms with van der Waals surface area (Å²) >= 11 is 0. The van der Waals surface area contributed by atoms with Crippen molar-refractivity contribution in [3.05, 3.63) is 77.6 Å². The Hall–Kier alpha value is -2.33. The van der Waals surface area contributed by atoms with E-state index in [1.54, 1.807) is 12.4 Å². The van der Waals surface area contributed by atoms with Crippen LogP contribution in [0.25, 0.3) is 10.8 Å². The number of benzene rings is 2. The van der Waals surface area contributed by atoms with Crippen LogP contribution in [0.2, 0.25) is 0 Å². The summed E-state index contributed by atoms with van der Waals surface area (Å²) in [6.07, 6.45) is 3.31. The zero-order chi connectivity index (χ0) is 14.1. The van der Waals surface area contributed by atoms with Crippen molar-refractivity contribution in [1.29, 1.82) is 0 Å².